The Balaban J connectivity index is 5.70. The van der Waals surface area contributed by atoms with Crippen molar-refractivity contribution >= 4 is 5.78 Å². The zero-order valence-electron chi connectivity index (χ0n) is 9.53. The van der Waals surface area contributed by atoms with E-state index in [4.69, 9.17) is 5.26 Å². The molecule has 3 nitrogen and oxygen atoms in total. The zero-order chi connectivity index (χ0) is 15.6. The van der Waals surface area contributed by atoms with Crippen LogP contribution in [0.25, 0.3) is 0 Å². The van der Waals surface area contributed by atoms with E-state index in [-0.39, 0.29) is 0 Å². The van der Waals surface area contributed by atoms with Gasteiger partial charge in [0.05, 0.1) is 0 Å². The fourth-order valence-electron chi connectivity index (χ4n) is 0.886. The third-order valence-corrected chi connectivity index (χ3v) is 1.79. The molecule has 0 amide bonds. The molecular weight excluding hydrogens is 285 g/mol. The van der Waals surface area contributed by atoms with Gasteiger partial charge in [-0.1, -0.05) is 0 Å². The van der Waals surface area contributed by atoms with E-state index >= 15 is 0 Å². The average molecular weight is 292 g/mol. The molecule has 0 heterocycles. The summed E-state index contributed by atoms with van der Waals surface area (Å²) in [6, 6.07) is 0.852. The number of hydrogen-bond acceptors (Lipinski definition) is 3. The first kappa shape index (κ1) is 17.2. The standard InChI is InChI=1S/C9H7F7N2O/c1-18(2)4-5(3-17)6(19)7(10,11)8(12,13)9(14,15)16/h4H,1-2H3. The number of allylic oxidation sites excluding steroid dienone is 1. The molecule has 0 aromatic carbocycles. The van der Waals surface area contributed by atoms with Crippen molar-refractivity contribution < 1.29 is 35.5 Å². The van der Waals surface area contributed by atoms with Gasteiger partial charge in [0.2, 0.25) is 0 Å². The number of carbonyl (C=O) groups is 1. The van der Waals surface area contributed by atoms with Gasteiger partial charge in [0.25, 0.3) is 5.78 Å². The molecule has 0 fully saturated rings. The van der Waals surface area contributed by atoms with E-state index in [0.717, 1.165) is 25.1 Å². The van der Waals surface area contributed by atoms with Crippen molar-refractivity contribution in [1.29, 1.82) is 5.26 Å². The van der Waals surface area contributed by atoms with Crippen LogP contribution in [0.1, 0.15) is 0 Å². The molecule has 0 aromatic rings. The topological polar surface area (TPSA) is 44.1 Å². The molecule has 0 saturated heterocycles. The molecule has 10 heteroatoms. The summed E-state index contributed by atoms with van der Waals surface area (Å²) >= 11 is 0. The summed E-state index contributed by atoms with van der Waals surface area (Å²) < 4.78 is 86.5. The average Bonchev–Trinajstić information content (AvgIpc) is 2.22. The van der Waals surface area contributed by atoms with Gasteiger partial charge in [0, 0.05) is 20.3 Å². The molecule has 0 aliphatic rings. The molecule has 0 aliphatic carbocycles. The minimum absolute atomic E-state index is 0.419. The van der Waals surface area contributed by atoms with Crippen LogP contribution in [0, 0.1) is 11.3 Å². The maximum atomic E-state index is 12.9. The van der Waals surface area contributed by atoms with E-state index in [1.165, 1.54) is 0 Å². The smallest absolute Gasteiger partial charge is 0.382 e. The van der Waals surface area contributed by atoms with E-state index < -0.39 is 29.4 Å². The second-order valence-corrected chi connectivity index (χ2v) is 3.59. The minimum Gasteiger partial charge on any atom is -0.382 e. The molecule has 0 aliphatic heterocycles. The second-order valence-electron chi connectivity index (χ2n) is 3.59. The molecule has 0 rings (SSSR count). The van der Waals surface area contributed by atoms with Gasteiger partial charge < -0.3 is 4.90 Å². The third kappa shape index (κ3) is 3.15. The van der Waals surface area contributed by atoms with Gasteiger partial charge in [0.1, 0.15) is 11.6 Å². The lowest BCUT2D eigenvalue weighted by Gasteiger charge is -2.26. The molecule has 0 radical (unpaired) electrons. The summed E-state index contributed by atoms with van der Waals surface area (Å²) in [5, 5.41) is 8.35. The van der Waals surface area contributed by atoms with E-state index in [1.54, 1.807) is 0 Å². The van der Waals surface area contributed by atoms with Gasteiger partial charge in [0.15, 0.2) is 0 Å². The van der Waals surface area contributed by atoms with Crippen LogP contribution in [0.3, 0.4) is 0 Å². The van der Waals surface area contributed by atoms with E-state index in [1.807, 2.05) is 0 Å². The summed E-state index contributed by atoms with van der Waals surface area (Å²) in [7, 11) is 2.31. The predicted molar refractivity (Wildman–Crippen MR) is 48.3 cm³/mol. The van der Waals surface area contributed by atoms with Gasteiger partial charge in [-0.25, -0.2) is 0 Å². The fourth-order valence-corrected chi connectivity index (χ4v) is 0.886. The van der Waals surface area contributed by atoms with Crippen LogP contribution >= 0.6 is 0 Å². The normalized spacial score (nSPS) is 14.0. The number of hydrogen-bond donors (Lipinski definition) is 0. The van der Waals surface area contributed by atoms with Crippen molar-refractivity contribution in [2.75, 3.05) is 14.1 Å². The highest BCUT2D eigenvalue weighted by Gasteiger charge is 2.76. The summed E-state index contributed by atoms with van der Waals surface area (Å²) in [5.41, 5.74) is -1.51. The SMILES string of the molecule is CN(C)C=C(C#N)C(=O)C(F)(F)C(F)(F)C(F)(F)F. The maximum absolute atomic E-state index is 12.9. The largest absolute Gasteiger partial charge is 0.460 e. The van der Waals surface area contributed by atoms with Gasteiger partial charge in [-0.05, 0) is 0 Å². The molecule has 0 atom stereocenters. The number of ketones is 1. The van der Waals surface area contributed by atoms with Crippen molar-refractivity contribution in [1.82, 2.24) is 4.90 Å². The molecule has 0 aromatic heterocycles. The second kappa shape index (κ2) is 5.07. The highest BCUT2D eigenvalue weighted by molar-refractivity contribution is 6.04. The minimum atomic E-state index is -6.62. The van der Waals surface area contributed by atoms with Crippen LogP contribution < -0.4 is 0 Å². The van der Waals surface area contributed by atoms with Crippen LogP contribution in [-0.2, 0) is 4.79 Å². The molecule has 0 spiro atoms. The van der Waals surface area contributed by atoms with Crippen LogP contribution in [0.5, 0.6) is 0 Å². The monoisotopic (exact) mass is 292 g/mol. The Morgan fingerprint density at radius 2 is 1.53 bits per heavy atom. The first-order valence-electron chi connectivity index (χ1n) is 4.44. The molecule has 19 heavy (non-hydrogen) atoms. The highest BCUT2D eigenvalue weighted by Crippen LogP contribution is 2.47. The Morgan fingerprint density at radius 1 is 1.11 bits per heavy atom. The summed E-state index contributed by atoms with van der Waals surface area (Å²) in [4.78, 5) is 11.9. The number of alkyl halides is 7. The lowest BCUT2D eigenvalue weighted by Crippen LogP contribution is -2.56. The molecule has 0 N–H and O–H groups in total. The Hall–Kier alpha value is -1.79. The van der Waals surface area contributed by atoms with E-state index in [9.17, 15) is 35.5 Å². The van der Waals surface area contributed by atoms with Crippen molar-refractivity contribution in [2.45, 2.75) is 18.0 Å². The molecule has 0 unspecified atom stereocenters. The number of nitriles is 1. The molecule has 0 saturated carbocycles. The molecule has 108 valence electrons. The molecule has 0 bridgehead atoms. The number of Topliss-reactive ketones (excluding diaryl/α,β-unsaturated/α-hetero) is 1. The Labute approximate surface area is 102 Å². The van der Waals surface area contributed by atoms with E-state index in [0.29, 0.717) is 6.20 Å². The summed E-state index contributed by atoms with van der Waals surface area (Å²) in [5.74, 6) is -15.5. The predicted octanol–water partition coefficient (Wildman–Crippen LogP) is 2.36. The van der Waals surface area contributed by atoms with Crippen LogP contribution in [0.2, 0.25) is 0 Å². The number of carbonyl (C=O) groups excluding carboxylic acids is 1. The van der Waals surface area contributed by atoms with Crippen molar-refractivity contribution in [3.05, 3.63) is 11.8 Å². The molecular formula is C9H7F7N2O. The third-order valence-electron chi connectivity index (χ3n) is 1.79. The fraction of sp³-hybridized carbons (Fsp3) is 0.556. The summed E-state index contributed by atoms with van der Waals surface area (Å²) in [6.45, 7) is 0. The van der Waals surface area contributed by atoms with Crippen molar-refractivity contribution in [2.24, 2.45) is 0 Å². The first-order chi connectivity index (χ1) is 8.29. The lowest BCUT2D eigenvalue weighted by molar-refractivity contribution is -0.342. The Morgan fingerprint density at radius 3 is 1.79 bits per heavy atom. The van der Waals surface area contributed by atoms with E-state index in [2.05, 4.69) is 0 Å². The number of halogens is 7. The van der Waals surface area contributed by atoms with Gasteiger partial charge >= 0.3 is 18.0 Å². The zero-order valence-corrected chi connectivity index (χ0v) is 9.53. The number of rotatable bonds is 4. The number of nitrogens with zero attached hydrogens (tertiary/aromatic N) is 2. The Bertz CT molecular complexity index is 431. The summed E-state index contributed by atoms with van der Waals surface area (Å²) in [6.07, 6.45) is -6.20. The van der Waals surface area contributed by atoms with Gasteiger partial charge in [-0.3, -0.25) is 4.79 Å². The quantitative estimate of drug-likeness (QED) is 0.454. The van der Waals surface area contributed by atoms with Gasteiger partial charge in [-0.15, -0.1) is 0 Å². The maximum Gasteiger partial charge on any atom is 0.460 e. The first-order valence-corrected chi connectivity index (χ1v) is 4.44. The van der Waals surface area contributed by atoms with Crippen LogP contribution in [0.15, 0.2) is 11.8 Å². The van der Waals surface area contributed by atoms with Crippen molar-refractivity contribution in [3.63, 3.8) is 0 Å². The lowest BCUT2D eigenvalue weighted by atomic mass is 10.0. The Kier molecular flexibility index (Phi) is 4.59. The van der Waals surface area contributed by atoms with Crippen molar-refractivity contribution in [3.8, 4) is 6.07 Å². The van der Waals surface area contributed by atoms with Crippen LogP contribution in [0.4, 0.5) is 30.7 Å². The van der Waals surface area contributed by atoms with Gasteiger partial charge in [-0.2, -0.15) is 36.0 Å². The highest BCUT2D eigenvalue weighted by atomic mass is 19.4. The van der Waals surface area contributed by atoms with Crippen LogP contribution in [-0.4, -0.2) is 42.8 Å².